The summed E-state index contributed by atoms with van der Waals surface area (Å²) in [6, 6.07) is 3.78. The molecule has 1 N–H and O–H groups in total. The topological polar surface area (TPSA) is 59.1 Å². The fraction of sp³-hybridized carbons (Fsp3) is 0.438. The molecule has 0 radical (unpaired) electrons. The Hall–Kier alpha value is -1.95. The first-order valence-corrected chi connectivity index (χ1v) is 8.08. The van der Waals surface area contributed by atoms with E-state index in [1.54, 1.807) is 17.2 Å². The molecule has 0 spiro atoms. The normalized spacial score (nSPS) is 17.4. The zero-order chi connectivity index (χ0) is 15.4. The van der Waals surface area contributed by atoms with Gasteiger partial charge in [-0.2, -0.15) is 14.9 Å². The number of nitrogens with one attached hydrogen (secondary N) is 1. The van der Waals surface area contributed by atoms with Gasteiger partial charge in [-0.05, 0) is 55.8 Å². The number of H-pyrrole nitrogens is 1. The standard InChI is InChI=1S/C16H20N4OS/c1-12(10-14-8-5-9-21-14)11-17-20-15(18-19-16(20)22)13-6-3-2-4-7-13/h5,8-11,13H,2-4,6-7H2,1H3,(H,19,22)/b12-10+,17-11+. The molecule has 22 heavy (non-hydrogen) atoms. The second-order valence-electron chi connectivity index (χ2n) is 5.68. The molecule has 0 unspecified atom stereocenters. The van der Waals surface area contributed by atoms with Gasteiger partial charge < -0.3 is 4.42 Å². The summed E-state index contributed by atoms with van der Waals surface area (Å²) >= 11 is 5.30. The Labute approximate surface area is 134 Å². The minimum Gasteiger partial charge on any atom is -0.465 e. The molecule has 5 nitrogen and oxygen atoms in total. The molecule has 0 aromatic carbocycles. The van der Waals surface area contributed by atoms with E-state index in [1.165, 1.54) is 19.3 Å². The smallest absolute Gasteiger partial charge is 0.216 e. The molecule has 0 amide bonds. The predicted octanol–water partition coefficient (Wildman–Crippen LogP) is 4.52. The monoisotopic (exact) mass is 316 g/mol. The summed E-state index contributed by atoms with van der Waals surface area (Å²) in [6.07, 6.45) is 11.5. The highest BCUT2D eigenvalue weighted by Crippen LogP contribution is 2.31. The number of hydrogen-bond acceptors (Lipinski definition) is 4. The highest BCUT2D eigenvalue weighted by atomic mass is 32.1. The van der Waals surface area contributed by atoms with Crippen LogP contribution in [0, 0.1) is 4.77 Å². The van der Waals surface area contributed by atoms with Gasteiger partial charge in [0.2, 0.25) is 4.77 Å². The Bertz CT molecular complexity index is 718. The van der Waals surface area contributed by atoms with E-state index in [1.807, 2.05) is 25.1 Å². The molecule has 1 fully saturated rings. The van der Waals surface area contributed by atoms with Crippen LogP contribution in [0.4, 0.5) is 0 Å². The third-order valence-electron chi connectivity index (χ3n) is 3.94. The summed E-state index contributed by atoms with van der Waals surface area (Å²) < 4.78 is 7.60. The van der Waals surface area contributed by atoms with E-state index in [2.05, 4.69) is 15.3 Å². The van der Waals surface area contributed by atoms with Gasteiger partial charge in [0, 0.05) is 5.92 Å². The fourth-order valence-corrected chi connectivity index (χ4v) is 3.01. The van der Waals surface area contributed by atoms with Crippen LogP contribution in [0.25, 0.3) is 6.08 Å². The molecule has 3 rings (SSSR count). The predicted molar refractivity (Wildman–Crippen MR) is 89.5 cm³/mol. The lowest BCUT2D eigenvalue weighted by atomic mass is 9.89. The number of nitrogens with zero attached hydrogens (tertiary/aromatic N) is 3. The van der Waals surface area contributed by atoms with Crippen molar-refractivity contribution >= 4 is 24.5 Å². The minimum absolute atomic E-state index is 0.452. The van der Waals surface area contributed by atoms with Gasteiger partial charge in [0.1, 0.15) is 5.76 Å². The zero-order valence-electron chi connectivity index (χ0n) is 12.7. The van der Waals surface area contributed by atoms with E-state index in [9.17, 15) is 0 Å². The van der Waals surface area contributed by atoms with E-state index < -0.39 is 0 Å². The first-order valence-electron chi connectivity index (χ1n) is 7.67. The van der Waals surface area contributed by atoms with Crippen LogP contribution in [0.3, 0.4) is 0 Å². The van der Waals surface area contributed by atoms with Crippen LogP contribution < -0.4 is 0 Å². The summed E-state index contributed by atoms with van der Waals surface area (Å²) in [5, 5.41) is 11.8. The maximum atomic E-state index is 5.30. The van der Waals surface area contributed by atoms with Gasteiger partial charge in [0.05, 0.1) is 12.5 Å². The molecular weight excluding hydrogens is 296 g/mol. The summed E-state index contributed by atoms with van der Waals surface area (Å²) in [5.74, 6) is 2.22. The molecule has 1 aliphatic carbocycles. The van der Waals surface area contributed by atoms with Gasteiger partial charge in [-0.1, -0.05) is 19.3 Å². The van der Waals surface area contributed by atoms with Gasteiger partial charge in [-0.3, -0.25) is 5.10 Å². The van der Waals surface area contributed by atoms with Crippen LogP contribution in [0.15, 0.2) is 33.5 Å². The van der Waals surface area contributed by atoms with E-state index in [0.717, 1.165) is 30.0 Å². The van der Waals surface area contributed by atoms with Crippen LogP contribution in [-0.4, -0.2) is 21.1 Å². The maximum absolute atomic E-state index is 5.30. The SMILES string of the molecule is CC(/C=N/n1c(C2CCCCC2)n[nH]c1=S)=C\c1ccco1. The maximum Gasteiger partial charge on any atom is 0.216 e. The quantitative estimate of drug-likeness (QED) is 0.666. The first kappa shape index (κ1) is 15.0. The Morgan fingerprint density at radius 1 is 1.45 bits per heavy atom. The first-order chi connectivity index (χ1) is 10.7. The van der Waals surface area contributed by atoms with Crippen molar-refractivity contribution < 1.29 is 4.42 Å². The van der Waals surface area contributed by atoms with Crippen LogP contribution >= 0.6 is 12.2 Å². The molecule has 0 atom stereocenters. The average Bonchev–Trinajstić information content (AvgIpc) is 3.16. The Morgan fingerprint density at radius 3 is 3.00 bits per heavy atom. The number of hydrogen-bond donors (Lipinski definition) is 1. The van der Waals surface area contributed by atoms with Crippen molar-refractivity contribution in [1.29, 1.82) is 0 Å². The molecule has 0 aliphatic heterocycles. The van der Waals surface area contributed by atoms with Gasteiger partial charge in [0.15, 0.2) is 5.82 Å². The molecule has 6 heteroatoms. The second-order valence-corrected chi connectivity index (χ2v) is 6.07. The van der Waals surface area contributed by atoms with E-state index >= 15 is 0 Å². The van der Waals surface area contributed by atoms with Crippen LogP contribution in [0.1, 0.15) is 56.5 Å². The third kappa shape index (κ3) is 3.44. The molecule has 0 bridgehead atoms. The van der Waals surface area contributed by atoms with Crippen molar-refractivity contribution in [3.8, 4) is 0 Å². The molecule has 2 heterocycles. The van der Waals surface area contributed by atoms with Gasteiger partial charge in [0.25, 0.3) is 0 Å². The lowest BCUT2D eigenvalue weighted by Gasteiger charge is -2.19. The summed E-state index contributed by atoms with van der Waals surface area (Å²) in [7, 11) is 0. The lowest BCUT2D eigenvalue weighted by Crippen LogP contribution is -2.10. The molecule has 116 valence electrons. The number of furan rings is 1. The van der Waals surface area contributed by atoms with Crippen molar-refractivity contribution in [3.63, 3.8) is 0 Å². The molecule has 2 aromatic heterocycles. The van der Waals surface area contributed by atoms with E-state index in [0.29, 0.717) is 10.7 Å². The molecule has 1 aliphatic rings. The fourth-order valence-electron chi connectivity index (χ4n) is 2.82. The number of rotatable bonds is 4. The van der Waals surface area contributed by atoms with Crippen molar-refractivity contribution in [1.82, 2.24) is 14.9 Å². The Morgan fingerprint density at radius 2 is 2.27 bits per heavy atom. The molecule has 0 saturated heterocycles. The summed E-state index contributed by atoms with van der Waals surface area (Å²) in [5.41, 5.74) is 0.993. The van der Waals surface area contributed by atoms with Crippen molar-refractivity contribution in [2.24, 2.45) is 5.10 Å². The average molecular weight is 316 g/mol. The van der Waals surface area contributed by atoms with Crippen molar-refractivity contribution in [2.45, 2.75) is 44.9 Å². The molecule has 1 saturated carbocycles. The van der Waals surface area contributed by atoms with Crippen molar-refractivity contribution in [3.05, 3.63) is 40.3 Å². The minimum atomic E-state index is 0.452. The van der Waals surface area contributed by atoms with Crippen LogP contribution in [-0.2, 0) is 0 Å². The van der Waals surface area contributed by atoms with Crippen LogP contribution in [0.5, 0.6) is 0 Å². The number of allylic oxidation sites excluding steroid dienone is 1. The summed E-state index contributed by atoms with van der Waals surface area (Å²) in [4.78, 5) is 0. The number of aromatic nitrogens is 3. The highest BCUT2D eigenvalue weighted by molar-refractivity contribution is 7.71. The van der Waals surface area contributed by atoms with Gasteiger partial charge in [-0.25, -0.2) is 0 Å². The van der Waals surface area contributed by atoms with Gasteiger partial charge in [-0.15, -0.1) is 0 Å². The Kier molecular flexibility index (Phi) is 4.68. The van der Waals surface area contributed by atoms with Crippen LogP contribution in [0.2, 0.25) is 0 Å². The Balaban J connectivity index is 1.81. The zero-order valence-corrected chi connectivity index (χ0v) is 13.5. The highest BCUT2D eigenvalue weighted by Gasteiger charge is 2.21. The molecule has 2 aromatic rings. The van der Waals surface area contributed by atoms with Crippen molar-refractivity contribution in [2.75, 3.05) is 0 Å². The summed E-state index contributed by atoms with van der Waals surface area (Å²) in [6.45, 7) is 1.98. The van der Waals surface area contributed by atoms with E-state index in [-0.39, 0.29) is 0 Å². The molecular formula is C16H20N4OS. The third-order valence-corrected chi connectivity index (χ3v) is 4.20. The second kappa shape index (κ2) is 6.87. The largest absolute Gasteiger partial charge is 0.465 e. The van der Waals surface area contributed by atoms with E-state index in [4.69, 9.17) is 16.6 Å². The van der Waals surface area contributed by atoms with Gasteiger partial charge >= 0.3 is 0 Å². The lowest BCUT2D eigenvalue weighted by molar-refractivity contribution is 0.419. The number of aromatic amines is 1.